The van der Waals surface area contributed by atoms with E-state index in [4.69, 9.17) is 22.1 Å². The summed E-state index contributed by atoms with van der Waals surface area (Å²) in [6.07, 6.45) is 0. The van der Waals surface area contributed by atoms with Crippen molar-refractivity contribution >= 4 is 51.7 Å². The standard InChI is InChI=1S/C11H12ClIN2O2/c1-6-3-9(15-10(14)5-12)7(4-8(6)13)11(16)17-2/h3-4H,5H2,1-2H3,(H2,14,15). The van der Waals surface area contributed by atoms with Gasteiger partial charge < -0.3 is 10.5 Å². The molecule has 0 aliphatic carbocycles. The number of alkyl halides is 1. The fraction of sp³-hybridized carbons (Fsp3) is 0.273. The number of amidine groups is 1. The van der Waals surface area contributed by atoms with Gasteiger partial charge >= 0.3 is 5.97 Å². The van der Waals surface area contributed by atoms with Crippen molar-refractivity contribution in [2.24, 2.45) is 10.7 Å². The maximum Gasteiger partial charge on any atom is 0.340 e. The van der Waals surface area contributed by atoms with E-state index in [1.165, 1.54) is 7.11 Å². The van der Waals surface area contributed by atoms with Crippen LogP contribution in [0.1, 0.15) is 15.9 Å². The van der Waals surface area contributed by atoms with Gasteiger partial charge in [0.1, 0.15) is 5.84 Å². The van der Waals surface area contributed by atoms with E-state index >= 15 is 0 Å². The number of ether oxygens (including phenoxy) is 1. The van der Waals surface area contributed by atoms with Crippen LogP contribution in [0.25, 0.3) is 0 Å². The van der Waals surface area contributed by atoms with Gasteiger partial charge in [0.15, 0.2) is 0 Å². The molecule has 4 nitrogen and oxygen atoms in total. The normalized spacial score (nSPS) is 11.4. The molecule has 0 aliphatic rings. The molecule has 2 N–H and O–H groups in total. The predicted molar refractivity (Wildman–Crippen MR) is 77.2 cm³/mol. The fourth-order valence-corrected chi connectivity index (χ4v) is 1.74. The van der Waals surface area contributed by atoms with Crippen LogP contribution in [0.5, 0.6) is 0 Å². The minimum absolute atomic E-state index is 0.117. The van der Waals surface area contributed by atoms with Crippen LogP contribution in [0.2, 0.25) is 0 Å². The van der Waals surface area contributed by atoms with Crippen LogP contribution in [0.4, 0.5) is 5.69 Å². The lowest BCUT2D eigenvalue weighted by molar-refractivity contribution is 0.0601. The molecule has 0 amide bonds. The highest BCUT2D eigenvalue weighted by Gasteiger charge is 2.14. The number of nitrogens with two attached hydrogens (primary N) is 1. The molecule has 0 radical (unpaired) electrons. The SMILES string of the molecule is COC(=O)c1cc(I)c(C)cc1N=C(N)CCl. The van der Waals surface area contributed by atoms with Crippen LogP contribution in [-0.2, 0) is 4.74 Å². The predicted octanol–water partition coefficient (Wildman–Crippen LogP) is 2.61. The lowest BCUT2D eigenvalue weighted by Crippen LogP contribution is -2.13. The highest BCUT2D eigenvalue weighted by molar-refractivity contribution is 14.1. The molecule has 6 heteroatoms. The molecule has 17 heavy (non-hydrogen) atoms. The summed E-state index contributed by atoms with van der Waals surface area (Å²) in [6.45, 7) is 1.93. The lowest BCUT2D eigenvalue weighted by Gasteiger charge is -2.07. The monoisotopic (exact) mass is 366 g/mol. The Morgan fingerprint density at radius 2 is 2.24 bits per heavy atom. The van der Waals surface area contributed by atoms with Gasteiger partial charge in [-0.05, 0) is 47.2 Å². The average Bonchev–Trinajstić information content (AvgIpc) is 2.32. The second-order valence-electron chi connectivity index (χ2n) is 3.35. The maximum atomic E-state index is 11.6. The number of esters is 1. The Kier molecular flexibility index (Phi) is 5.20. The third-order valence-electron chi connectivity index (χ3n) is 2.08. The van der Waals surface area contributed by atoms with Gasteiger partial charge in [-0.3, -0.25) is 0 Å². The minimum atomic E-state index is -0.441. The highest BCUT2D eigenvalue weighted by Crippen LogP contribution is 2.25. The number of hydrogen-bond acceptors (Lipinski definition) is 3. The van der Waals surface area contributed by atoms with E-state index in [-0.39, 0.29) is 11.7 Å². The van der Waals surface area contributed by atoms with Crippen LogP contribution in [0.3, 0.4) is 0 Å². The van der Waals surface area contributed by atoms with Crippen molar-refractivity contribution in [2.75, 3.05) is 13.0 Å². The molecule has 0 atom stereocenters. The zero-order chi connectivity index (χ0) is 13.0. The number of rotatable bonds is 3. The molecule has 0 saturated carbocycles. The Morgan fingerprint density at radius 1 is 1.59 bits per heavy atom. The van der Waals surface area contributed by atoms with E-state index in [9.17, 15) is 4.79 Å². The largest absolute Gasteiger partial charge is 0.465 e. The van der Waals surface area contributed by atoms with Gasteiger partial charge in [0.2, 0.25) is 0 Å². The molecule has 0 aliphatic heterocycles. The fourth-order valence-electron chi connectivity index (χ4n) is 1.22. The summed E-state index contributed by atoms with van der Waals surface area (Å²) in [5.41, 5.74) is 7.45. The van der Waals surface area contributed by atoms with Crippen molar-refractivity contribution in [3.8, 4) is 0 Å². The minimum Gasteiger partial charge on any atom is -0.465 e. The van der Waals surface area contributed by atoms with E-state index < -0.39 is 5.97 Å². The second kappa shape index (κ2) is 6.20. The molecule has 0 unspecified atom stereocenters. The third-order valence-corrected chi connectivity index (χ3v) is 3.52. The Bertz CT molecular complexity index is 475. The number of carbonyl (C=O) groups is 1. The molecule has 0 saturated heterocycles. The Hall–Kier alpha value is -0.820. The van der Waals surface area contributed by atoms with Gasteiger partial charge in [-0.25, -0.2) is 9.79 Å². The summed E-state index contributed by atoms with van der Waals surface area (Å²) < 4.78 is 5.67. The van der Waals surface area contributed by atoms with Crippen molar-refractivity contribution in [1.82, 2.24) is 0 Å². The van der Waals surface area contributed by atoms with Gasteiger partial charge in [0.25, 0.3) is 0 Å². The summed E-state index contributed by atoms with van der Waals surface area (Å²) >= 11 is 7.71. The molecule has 1 aromatic carbocycles. The summed E-state index contributed by atoms with van der Waals surface area (Å²) in [7, 11) is 1.33. The number of aryl methyl sites for hydroxylation is 1. The molecule has 0 aromatic heterocycles. The number of nitrogens with zero attached hydrogens (tertiary/aromatic N) is 1. The smallest absolute Gasteiger partial charge is 0.340 e. The van der Waals surface area contributed by atoms with Crippen LogP contribution >= 0.6 is 34.2 Å². The first-order valence-corrected chi connectivity index (χ1v) is 6.38. The Morgan fingerprint density at radius 3 is 2.76 bits per heavy atom. The van der Waals surface area contributed by atoms with E-state index in [0.29, 0.717) is 11.3 Å². The number of hydrogen-bond donors (Lipinski definition) is 1. The summed E-state index contributed by atoms with van der Waals surface area (Å²) in [5, 5.41) is 0. The molecule has 92 valence electrons. The summed E-state index contributed by atoms with van der Waals surface area (Å²) in [6, 6.07) is 3.51. The number of carbonyl (C=O) groups excluding carboxylic acids is 1. The molecule has 0 fully saturated rings. The van der Waals surface area contributed by atoms with Gasteiger partial charge in [0, 0.05) is 3.57 Å². The van der Waals surface area contributed by atoms with E-state index in [1.807, 2.05) is 6.92 Å². The van der Waals surface area contributed by atoms with E-state index in [2.05, 4.69) is 27.6 Å². The quantitative estimate of drug-likeness (QED) is 0.294. The average molecular weight is 367 g/mol. The van der Waals surface area contributed by atoms with Crippen molar-refractivity contribution in [3.63, 3.8) is 0 Å². The van der Waals surface area contributed by atoms with Gasteiger partial charge in [-0.1, -0.05) is 0 Å². The first-order valence-electron chi connectivity index (χ1n) is 4.77. The molecule has 0 spiro atoms. The number of methoxy groups -OCH3 is 1. The molecule has 0 heterocycles. The number of halogens is 2. The molecule has 0 bridgehead atoms. The van der Waals surface area contributed by atoms with E-state index in [0.717, 1.165) is 9.13 Å². The Labute approximate surface area is 118 Å². The van der Waals surface area contributed by atoms with Gasteiger partial charge in [-0.2, -0.15) is 0 Å². The van der Waals surface area contributed by atoms with Gasteiger partial charge in [-0.15, -0.1) is 11.6 Å². The zero-order valence-corrected chi connectivity index (χ0v) is 12.4. The van der Waals surface area contributed by atoms with Crippen molar-refractivity contribution in [3.05, 3.63) is 26.8 Å². The summed E-state index contributed by atoms with van der Waals surface area (Å²) in [5.74, 6) is -0.0625. The van der Waals surface area contributed by atoms with E-state index in [1.54, 1.807) is 12.1 Å². The first-order chi connectivity index (χ1) is 7.99. The summed E-state index contributed by atoms with van der Waals surface area (Å²) in [4.78, 5) is 15.7. The highest BCUT2D eigenvalue weighted by atomic mass is 127. The first kappa shape index (κ1) is 14.2. The Balaban J connectivity index is 3.36. The van der Waals surface area contributed by atoms with Crippen LogP contribution < -0.4 is 5.73 Å². The van der Waals surface area contributed by atoms with Crippen LogP contribution in [0.15, 0.2) is 17.1 Å². The zero-order valence-electron chi connectivity index (χ0n) is 9.46. The molecule has 1 aromatic rings. The maximum absolute atomic E-state index is 11.6. The third kappa shape index (κ3) is 3.57. The van der Waals surface area contributed by atoms with Crippen LogP contribution in [0, 0.1) is 10.5 Å². The molecule has 1 rings (SSSR count). The van der Waals surface area contributed by atoms with Crippen LogP contribution in [-0.4, -0.2) is 24.8 Å². The lowest BCUT2D eigenvalue weighted by atomic mass is 10.1. The second-order valence-corrected chi connectivity index (χ2v) is 4.78. The van der Waals surface area contributed by atoms with Crippen molar-refractivity contribution in [1.29, 1.82) is 0 Å². The molecular weight excluding hydrogens is 354 g/mol. The molecular formula is C11H12ClIN2O2. The van der Waals surface area contributed by atoms with Crippen molar-refractivity contribution in [2.45, 2.75) is 6.92 Å². The van der Waals surface area contributed by atoms with Crippen molar-refractivity contribution < 1.29 is 9.53 Å². The van der Waals surface area contributed by atoms with Gasteiger partial charge in [0.05, 0.1) is 24.2 Å². The number of benzene rings is 1. The topological polar surface area (TPSA) is 64.7 Å². The number of aliphatic imine (C=N–C) groups is 1.